The van der Waals surface area contributed by atoms with Gasteiger partial charge in [-0.05, 0) is 43.3 Å². The maximum absolute atomic E-state index is 12.6. The number of hydrogen-bond donors (Lipinski definition) is 1. The Morgan fingerprint density at radius 3 is 2.71 bits per heavy atom. The van der Waals surface area contributed by atoms with Gasteiger partial charge in [-0.3, -0.25) is 9.36 Å². The highest BCUT2D eigenvalue weighted by Gasteiger charge is 2.19. The summed E-state index contributed by atoms with van der Waals surface area (Å²) in [5.74, 6) is 1.69. The zero-order chi connectivity index (χ0) is 23.7. The lowest BCUT2D eigenvalue weighted by molar-refractivity contribution is 0.0601. The van der Waals surface area contributed by atoms with Gasteiger partial charge in [-0.1, -0.05) is 30.0 Å². The molecule has 10 heteroatoms. The number of methoxy groups -OCH3 is 1. The zero-order valence-corrected chi connectivity index (χ0v) is 19.1. The Morgan fingerprint density at radius 1 is 1.15 bits per heavy atom. The summed E-state index contributed by atoms with van der Waals surface area (Å²) in [6.07, 6.45) is 1.62. The first kappa shape index (κ1) is 21.7. The molecule has 5 aromatic rings. The van der Waals surface area contributed by atoms with Crippen molar-refractivity contribution in [3.8, 4) is 17.1 Å². The minimum Gasteiger partial charge on any atom is -0.469 e. The predicted molar refractivity (Wildman–Crippen MR) is 127 cm³/mol. The first-order valence-electron chi connectivity index (χ1n) is 10.3. The molecule has 5 rings (SSSR count). The molecule has 0 unspecified atom stereocenters. The number of aromatic amines is 1. The standard InChI is InChI=1S/C24H19N5O4S/c1-14-17(10-11-33-14)21-27-28-24(29(21)16-6-4-3-5-7-16)34-13-20-25-19-12-15(23(31)32-2)8-9-18(19)22(30)26-20/h3-12H,13H2,1-2H3,(H,25,26,30). The lowest BCUT2D eigenvalue weighted by Gasteiger charge is -2.10. The van der Waals surface area contributed by atoms with Gasteiger partial charge in [-0.2, -0.15) is 0 Å². The maximum Gasteiger partial charge on any atom is 0.337 e. The molecule has 34 heavy (non-hydrogen) atoms. The van der Waals surface area contributed by atoms with Gasteiger partial charge >= 0.3 is 5.97 Å². The lowest BCUT2D eigenvalue weighted by Crippen LogP contribution is -2.12. The normalized spacial score (nSPS) is 11.1. The Labute approximate surface area is 197 Å². The van der Waals surface area contributed by atoms with Crippen LogP contribution in [0.5, 0.6) is 0 Å². The SMILES string of the molecule is COC(=O)c1ccc2c(=O)[nH]c(CSc3nnc(-c4ccoc4C)n3-c3ccccc3)nc2c1. The van der Waals surface area contributed by atoms with Crippen molar-refractivity contribution in [2.75, 3.05) is 7.11 Å². The fourth-order valence-electron chi connectivity index (χ4n) is 3.60. The van der Waals surface area contributed by atoms with Gasteiger partial charge in [-0.25, -0.2) is 9.78 Å². The molecule has 0 amide bonds. The van der Waals surface area contributed by atoms with Crippen LogP contribution >= 0.6 is 11.8 Å². The summed E-state index contributed by atoms with van der Waals surface area (Å²) < 4.78 is 12.2. The largest absolute Gasteiger partial charge is 0.469 e. The lowest BCUT2D eigenvalue weighted by atomic mass is 10.1. The van der Waals surface area contributed by atoms with E-state index in [2.05, 4.69) is 20.2 Å². The molecular formula is C24H19N5O4S. The van der Waals surface area contributed by atoms with E-state index in [9.17, 15) is 9.59 Å². The summed E-state index contributed by atoms with van der Waals surface area (Å²) >= 11 is 1.39. The molecule has 3 aromatic heterocycles. The summed E-state index contributed by atoms with van der Waals surface area (Å²) in [7, 11) is 1.31. The Morgan fingerprint density at radius 2 is 1.97 bits per heavy atom. The smallest absolute Gasteiger partial charge is 0.337 e. The molecule has 1 N–H and O–H groups in total. The Balaban J connectivity index is 1.51. The first-order valence-corrected chi connectivity index (χ1v) is 11.3. The number of fused-ring (bicyclic) bond motifs is 1. The highest BCUT2D eigenvalue weighted by molar-refractivity contribution is 7.98. The topological polar surface area (TPSA) is 116 Å². The molecule has 0 saturated heterocycles. The average molecular weight is 474 g/mol. The summed E-state index contributed by atoms with van der Waals surface area (Å²) in [5, 5.41) is 9.82. The van der Waals surface area contributed by atoms with Crippen molar-refractivity contribution < 1.29 is 13.9 Å². The number of hydrogen-bond acceptors (Lipinski definition) is 8. The number of carbonyl (C=O) groups excluding carboxylic acids is 1. The fourth-order valence-corrected chi connectivity index (χ4v) is 4.42. The number of para-hydroxylation sites is 1. The van der Waals surface area contributed by atoms with E-state index < -0.39 is 5.97 Å². The van der Waals surface area contributed by atoms with Crippen molar-refractivity contribution in [3.63, 3.8) is 0 Å². The number of carbonyl (C=O) groups is 1. The zero-order valence-electron chi connectivity index (χ0n) is 18.3. The van der Waals surface area contributed by atoms with Crippen LogP contribution < -0.4 is 5.56 Å². The van der Waals surface area contributed by atoms with E-state index in [0.717, 1.165) is 17.0 Å². The number of nitrogens with one attached hydrogen (secondary N) is 1. The van der Waals surface area contributed by atoms with E-state index in [1.165, 1.54) is 18.9 Å². The third kappa shape index (κ3) is 3.99. The molecule has 0 aliphatic heterocycles. The first-order chi connectivity index (χ1) is 16.5. The molecule has 0 fully saturated rings. The number of aryl methyl sites for hydroxylation is 1. The van der Waals surface area contributed by atoms with Gasteiger partial charge in [0, 0.05) is 5.69 Å². The number of ether oxygens (including phenoxy) is 1. The quantitative estimate of drug-likeness (QED) is 0.289. The van der Waals surface area contributed by atoms with Crippen molar-refractivity contribution >= 4 is 28.6 Å². The molecule has 0 aliphatic rings. The predicted octanol–water partition coefficient (Wildman–Crippen LogP) is 4.15. The minimum absolute atomic E-state index is 0.281. The van der Waals surface area contributed by atoms with Crippen molar-refractivity contribution in [3.05, 3.63) is 88.4 Å². The van der Waals surface area contributed by atoms with E-state index in [1.54, 1.807) is 24.5 Å². The van der Waals surface area contributed by atoms with Crippen LogP contribution in [-0.2, 0) is 10.5 Å². The number of nitrogens with zero attached hydrogens (tertiary/aromatic N) is 4. The van der Waals surface area contributed by atoms with Gasteiger partial charge in [0.1, 0.15) is 11.6 Å². The van der Waals surface area contributed by atoms with Gasteiger partial charge < -0.3 is 14.1 Å². The van der Waals surface area contributed by atoms with E-state index >= 15 is 0 Å². The second kappa shape index (κ2) is 8.99. The summed E-state index contributed by atoms with van der Waals surface area (Å²) in [6, 6.07) is 16.3. The van der Waals surface area contributed by atoms with Gasteiger partial charge in [0.15, 0.2) is 11.0 Å². The summed E-state index contributed by atoms with van der Waals surface area (Å²) in [5.41, 5.74) is 2.21. The monoisotopic (exact) mass is 473 g/mol. The number of benzene rings is 2. The van der Waals surface area contributed by atoms with Gasteiger partial charge in [0.25, 0.3) is 5.56 Å². The van der Waals surface area contributed by atoms with E-state index in [-0.39, 0.29) is 5.56 Å². The van der Waals surface area contributed by atoms with E-state index in [1.807, 2.05) is 47.9 Å². The Bertz CT molecular complexity index is 1550. The van der Waals surface area contributed by atoms with Gasteiger partial charge in [0.2, 0.25) is 0 Å². The number of furan rings is 1. The van der Waals surface area contributed by atoms with Crippen LogP contribution in [0, 0.1) is 6.92 Å². The molecular weight excluding hydrogens is 454 g/mol. The van der Waals surface area contributed by atoms with E-state index in [4.69, 9.17) is 9.15 Å². The van der Waals surface area contributed by atoms with Crippen molar-refractivity contribution in [2.24, 2.45) is 0 Å². The number of H-pyrrole nitrogens is 1. The highest BCUT2D eigenvalue weighted by Crippen LogP contribution is 2.31. The van der Waals surface area contributed by atoms with Crippen LogP contribution in [-0.4, -0.2) is 37.8 Å². The second-order valence-electron chi connectivity index (χ2n) is 7.39. The van der Waals surface area contributed by atoms with Crippen LogP contribution in [0.1, 0.15) is 21.9 Å². The molecule has 3 heterocycles. The van der Waals surface area contributed by atoms with Crippen molar-refractivity contribution in [1.29, 1.82) is 0 Å². The molecule has 9 nitrogen and oxygen atoms in total. The minimum atomic E-state index is -0.488. The van der Waals surface area contributed by atoms with Crippen molar-refractivity contribution in [1.82, 2.24) is 24.7 Å². The van der Waals surface area contributed by atoms with Gasteiger partial charge in [0.05, 0.1) is 41.2 Å². The molecule has 170 valence electrons. The van der Waals surface area contributed by atoms with Crippen LogP contribution in [0.3, 0.4) is 0 Å². The maximum atomic E-state index is 12.6. The molecule has 0 aliphatic carbocycles. The fraction of sp³-hybridized carbons (Fsp3) is 0.125. The molecule has 2 aromatic carbocycles. The van der Waals surface area contributed by atoms with E-state index in [0.29, 0.717) is 39.0 Å². The number of esters is 1. The Hall–Kier alpha value is -4.18. The number of rotatable bonds is 6. The summed E-state index contributed by atoms with van der Waals surface area (Å²) in [4.78, 5) is 31.8. The average Bonchev–Trinajstić information content (AvgIpc) is 3.48. The molecule has 0 radical (unpaired) electrons. The van der Waals surface area contributed by atoms with Crippen LogP contribution in [0.2, 0.25) is 0 Å². The van der Waals surface area contributed by atoms with Crippen LogP contribution in [0.15, 0.2) is 75.2 Å². The summed E-state index contributed by atoms with van der Waals surface area (Å²) in [6.45, 7) is 1.87. The highest BCUT2D eigenvalue weighted by atomic mass is 32.2. The number of thioether (sulfide) groups is 1. The molecule has 0 bridgehead atoms. The molecule has 0 saturated carbocycles. The third-order valence-electron chi connectivity index (χ3n) is 5.26. The van der Waals surface area contributed by atoms with Gasteiger partial charge in [-0.15, -0.1) is 10.2 Å². The number of aromatic nitrogens is 5. The second-order valence-corrected chi connectivity index (χ2v) is 8.33. The third-order valence-corrected chi connectivity index (χ3v) is 6.20. The van der Waals surface area contributed by atoms with Crippen molar-refractivity contribution in [2.45, 2.75) is 17.8 Å². The van der Waals surface area contributed by atoms with Crippen LogP contribution in [0.4, 0.5) is 0 Å². The molecule has 0 atom stereocenters. The molecule has 0 spiro atoms. The van der Waals surface area contributed by atoms with Crippen LogP contribution in [0.25, 0.3) is 28.0 Å². The Kier molecular flexibility index (Phi) is 5.72.